The van der Waals surface area contributed by atoms with Crippen LogP contribution in [0.15, 0.2) is 66.7 Å². The number of hydrogen-bond donors (Lipinski definition) is 2. The highest BCUT2D eigenvalue weighted by molar-refractivity contribution is 6.36. The summed E-state index contributed by atoms with van der Waals surface area (Å²) < 4.78 is 0. The number of nitrogens with one attached hydrogen (secondary N) is 1. The summed E-state index contributed by atoms with van der Waals surface area (Å²) in [5.74, 6) is -1.17. The predicted octanol–water partition coefficient (Wildman–Crippen LogP) is 5.22. The van der Waals surface area contributed by atoms with Crippen molar-refractivity contribution in [2.24, 2.45) is 0 Å². The highest BCUT2D eigenvalue weighted by Crippen LogP contribution is 2.25. The van der Waals surface area contributed by atoms with Gasteiger partial charge in [-0.25, -0.2) is 0 Å². The molecule has 4 nitrogen and oxygen atoms in total. The zero-order valence-electron chi connectivity index (χ0n) is 14.8. The number of halogens is 2. The van der Waals surface area contributed by atoms with Crippen molar-refractivity contribution in [2.45, 2.75) is 13.0 Å². The maximum Gasteiger partial charge on any atom is 0.307 e. The van der Waals surface area contributed by atoms with E-state index in [2.05, 4.69) is 5.32 Å². The van der Waals surface area contributed by atoms with Gasteiger partial charge in [-0.2, -0.15) is 0 Å². The van der Waals surface area contributed by atoms with E-state index >= 15 is 0 Å². The van der Waals surface area contributed by atoms with Crippen molar-refractivity contribution in [3.63, 3.8) is 0 Å². The van der Waals surface area contributed by atoms with Crippen LogP contribution in [0.5, 0.6) is 0 Å². The summed E-state index contributed by atoms with van der Waals surface area (Å²) >= 11 is 12.0. The van der Waals surface area contributed by atoms with Crippen molar-refractivity contribution < 1.29 is 14.7 Å². The van der Waals surface area contributed by atoms with Crippen molar-refractivity contribution in [1.29, 1.82) is 0 Å². The lowest BCUT2D eigenvalue weighted by Crippen LogP contribution is -2.23. The number of carbonyl (C=O) groups is 2. The van der Waals surface area contributed by atoms with Crippen LogP contribution in [0, 0.1) is 0 Å². The molecule has 0 saturated heterocycles. The molecule has 0 saturated carbocycles. The first kappa shape index (κ1) is 19.9. The Morgan fingerprint density at radius 2 is 1.71 bits per heavy atom. The molecule has 0 bridgehead atoms. The number of aliphatic carboxylic acids is 1. The van der Waals surface area contributed by atoms with E-state index in [0.29, 0.717) is 22.2 Å². The van der Waals surface area contributed by atoms with Gasteiger partial charge in [-0.3, -0.25) is 9.59 Å². The molecule has 0 heterocycles. The number of amides is 1. The van der Waals surface area contributed by atoms with Crippen molar-refractivity contribution in [3.05, 3.63) is 93.5 Å². The molecule has 1 amide bonds. The summed E-state index contributed by atoms with van der Waals surface area (Å²) in [7, 11) is 0. The van der Waals surface area contributed by atoms with Gasteiger partial charge in [0.05, 0.1) is 17.0 Å². The molecule has 0 aliphatic rings. The van der Waals surface area contributed by atoms with Crippen molar-refractivity contribution >= 4 is 35.1 Å². The highest BCUT2D eigenvalue weighted by atomic mass is 35.5. The minimum atomic E-state index is -0.877. The second-order valence-corrected chi connectivity index (χ2v) is 7.08. The highest BCUT2D eigenvalue weighted by Gasteiger charge is 2.12. The fraction of sp³-hybridized carbons (Fsp3) is 0.0909. The van der Waals surface area contributed by atoms with Crippen molar-refractivity contribution in [3.8, 4) is 11.1 Å². The quantitative estimate of drug-likeness (QED) is 0.582. The fourth-order valence-electron chi connectivity index (χ4n) is 2.92. The van der Waals surface area contributed by atoms with Gasteiger partial charge >= 0.3 is 5.97 Å². The zero-order chi connectivity index (χ0) is 20.1. The summed E-state index contributed by atoms with van der Waals surface area (Å²) in [6.07, 6.45) is -0.0399. The van der Waals surface area contributed by atoms with Crippen LogP contribution in [0.2, 0.25) is 10.0 Å². The van der Waals surface area contributed by atoms with E-state index in [4.69, 9.17) is 28.3 Å². The second-order valence-electron chi connectivity index (χ2n) is 6.23. The van der Waals surface area contributed by atoms with Crippen LogP contribution in [-0.2, 0) is 17.8 Å². The van der Waals surface area contributed by atoms with E-state index in [0.717, 1.165) is 22.3 Å². The fourth-order valence-corrected chi connectivity index (χ4v) is 3.42. The van der Waals surface area contributed by atoms with E-state index in [1.54, 1.807) is 18.2 Å². The van der Waals surface area contributed by atoms with Gasteiger partial charge in [0.1, 0.15) is 0 Å². The molecule has 0 radical (unpaired) electrons. The van der Waals surface area contributed by atoms with Crippen molar-refractivity contribution in [1.82, 2.24) is 5.32 Å². The lowest BCUT2D eigenvalue weighted by Gasteiger charge is -2.12. The molecule has 2 N–H and O–H groups in total. The van der Waals surface area contributed by atoms with Gasteiger partial charge in [0.2, 0.25) is 0 Å². The number of carboxylic acids is 1. The normalized spacial score (nSPS) is 10.5. The Kier molecular flexibility index (Phi) is 6.34. The molecule has 142 valence electrons. The molecule has 0 unspecified atom stereocenters. The van der Waals surface area contributed by atoms with Crippen LogP contribution in [0.4, 0.5) is 0 Å². The Balaban J connectivity index is 1.81. The number of rotatable bonds is 6. The first-order chi connectivity index (χ1) is 13.4. The summed E-state index contributed by atoms with van der Waals surface area (Å²) in [6, 6.07) is 19.8. The zero-order valence-corrected chi connectivity index (χ0v) is 16.3. The van der Waals surface area contributed by atoms with E-state index in [-0.39, 0.29) is 12.3 Å². The Morgan fingerprint density at radius 1 is 0.929 bits per heavy atom. The van der Waals surface area contributed by atoms with Gasteiger partial charge < -0.3 is 10.4 Å². The van der Waals surface area contributed by atoms with Crippen LogP contribution >= 0.6 is 23.2 Å². The van der Waals surface area contributed by atoms with E-state index in [1.807, 2.05) is 42.5 Å². The van der Waals surface area contributed by atoms with Crippen LogP contribution in [0.3, 0.4) is 0 Å². The van der Waals surface area contributed by atoms with Gasteiger partial charge in [-0.15, -0.1) is 0 Å². The number of carbonyl (C=O) groups excluding carboxylic acids is 1. The monoisotopic (exact) mass is 413 g/mol. The number of hydrogen-bond acceptors (Lipinski definition) is 2. The van der Waals surface area contributed by atoms with Gasteiger partial charge in [-0.05, 0) is 40.5 Å². The van der Waals surface area contributed by atoms with E-state index in [9.17, 15) is 9.59 Å². The number of carboxylic acid groups (broad SMARTS) is 1. The Hall–Kier alpha value is -2.82. The molecule has 3 aromatic carbocycles. The molecule has 0 atom stereocenters. The van der Waals surface area contributed by atoms with E-state index in [1.165, 1.54) is 6.07 Å². The molecule has 0 aliphatic carbocycles. The molecule has 0 aliphatic heterocycles. The SMILES string of the molecule is O=C(O)Cc1cccc(-c2ccccc2CNC(=O)c2ccc(Cl)cc2Cl)c1. The summed E-state index contributed by atoms with van der Waals surface area (Å²) in [5.41, 5.74) is 3.81. The molecule has 3 rings (SSSR count). The molecule has 0 spiro atoms. The van der Waals surface area contributed by atoms with Crippen LogP contribution < -0.4 is 5.32 Å². The molecule has 3 aromatic rings. The largest absolute Gasteiger partial charge is 0.481 e. The maximum atomic E-state index is 12.5. The van der Waals surface area contributed by atoms with Gasteiger partial charge in [-0.1, -0.05) is 71.7 Å². The Labute approximate surface area is 172 Å². The summed E-state index contributed by atoms with van der Waals surface area (Å²) in [6.45, 7) is 0.303. The average molecular weight is 414 g/mol. The van der Waals surface area contributed by atoms with Gasteiger partial charge in [0.25, 0.3) is 5.91 Å². The number of benzene rings is 3. The van der Waals surface area contributed by atoms with Crippen molar-refractivity contribution in [2.75, 3.05) is 0 Å². The standard InChI is InChI=1S/C22H17Cl2NO3/c23-17-8-9-19(20(24)12-17)22(28)25-13-16-5-1-2-7-18(16)15-6-3-4-14(10-15)11-21(26)27/h1-10,12H,11,13H2,(H,25,28)(H,26,27). The van der Waals surface area contributed by atoms with E-state index < -0.39 is 5.97 Å². The average Bonchev–Trinajstić information content (AvgIpc) is 2.66. The van der Waals surface area contributed by atoms with Gasteiger partial charge in [0, 0.05) is 11.6 Å². The van der Waals surface area contributed by atoms with Crippen LogP contribution in [-0.4, -0.2) is 17.0 Å². The second kappa shape index (κ2) is 8.91. The molecule has 0 aromatic heterocycles. The topological polar surface area (TPSA) is 66.4 Å². The first-order valence-corrected chi connectivity index (χ1v) is 9.32. The lowest BCUT2D eigenvalue weighted by molar-refractivity contribution is -0.136. The minimum Gasteiger partial charge on any atom is -0.481 e. The first-order valence-electron chi connectivity index (χ1n) is 8.56. The minimum absolute atomic E-state index is 0.0399. The summed E-state index contributed by atoms with van der Waals surface area (Å²) in [5, 5.41) is 12.6. The molecule has 6 heteroatoms. The smallest absolute Gasteiger partial charge is 0.307 e. The predicted molar refractivity (Wildman–Crippen MR) is 111 cm³/mol. The molecule has 0 fully saturated rings. The third-order valence-electron chi connectivity index (χ3n) is 4.23. The molecule has 28 heavy (non-hydrogen) atoms. The lowest BCUT2D eigenvalue weighted by atomic mass is 9.97. The van der Waals surface area contributed by atoms with Crippen LogP contribution in [0.25, 0.3) is 11.1 Å². The third-order valence-corrected chi connectivity index (χ3v) is 4.77. The maximum absolute atomic E-state index is 12.5. The van der Waals surface area contributed by atoms with Crippen LogP contribution in [0.1, 0.15) is 21.5 Å². The van der Waals surface area contributed by atoms with Gasteiger partial charge in [0.15, 0.2) is 0 Å². The molecular weight excluding hydrogens is 397 g/mol. The Bertz CT molecular complexity index is 1030. The Morgan fingerprint density at radius 3 is 2.46 bits per heavy atom. The third kappa shape index (κ3) is 4.91. The molecular formula is C22H17Cl2NO3. The summed E-state index contributed by atoms with van der Waals surface area (Å²) in [4.78, 5) is 23.4.